The lowest BCUT2D eigenvalue weighted by Gasteiger charge is -1.96. The third kappa shape index (κ3) is 3.24. The minimum atomic E-state index is 0.565. The van der Waals surface area contributed by atoms with E-state index in [0.717, 1.165) is 33.7 Å². The van der Waals surface area contributed by atoms with Crippen molar-refractivity contribution in [1.29, 1.82) is 0 Å². The Morgan fingerprint density at radius 2 is 2.35 bits per heavy atom. The molecule has 17 heavy (non-hydrogen) atoms. The van der Waals surface area contributed by atoms with Crippen molar-refractivity contribution < 1.29 is 4.74 Å². The van der Waals surface area contributed by atoms with Gasteiger partial charge in [0, 0.05) is 25.2 Å². The van der Waals surface area contributed by atoms with Crippen LogP contribution in [0.1, 0.15) is 18.4 Å². The Hall–Kier alpha value is -0.980. The molecular weight excluding hydrogens is 254 g/mol. The van der Waals surface area contributed by atoms with Crippen LogP contribution < -0.4 is 5.32 Å². The van der Waals surface area contributed by atoms with E-state index in [2.05, 4.69) is 27.6 Å². The fraction of sp³-hybridized carbons (Fsp3) is 0.455. The van der Waals surface area contributed by atoms with E-state index in [4.69, 9.17) is 4.74 Å². The molecule has 1 N–H and O–H groups in total. The van der Waals surface area contributed by atoms with E-state index in [0.29, 0.717) is 6.61 Å². The second-order valence-electron chi connectivity index (χ2n) is 3.52. The van der Waals surface area contributed by atoms with Crippen LogP contribution in [0.5, 0.6) is 0 Å². The summed E-state index contributed by atoms with van der Waals surface area (Å²) in [4.78, 5) is 9.92. The molecule has 0 aliphatic rings. The average molecular weight is 269 g/mol. The third-order valence-electron chi connectivity index (χ3n) is 2.10. The first-order valence-electron chi connectivity index (χ1n) is 5.47. The van der Waals surface area contributed by atoms with Crippen LogP contribution in [0.15, 0.2) is 11.6 Å². The SMILES string of the molecule is CCCNc1nc(-c2cnc(COC)s2)cs1. The van der Waals surface area contributed by atoms with Crippen LogP contribution in [-0.4, -0.2) is 23.6 Å². The van der Waals surface area contributed by atoms with Gasteiger partial charge in [0.05, 0.1) is 17.2 Å². The first-order chi connectivity index (χ1) is 8.33. The molecule has 0 saturated carbocycles. The number of hydrogen-bond donors (Lipinski definition) is 1. The van der Waals surface area contributed by atoms with Crippen molar-refractivity contribution in [3.05, 3.63) is 16.6 Å². The van der Waals surface area contributed by atoms with E-state index in [1.165, 1.54) is 0 Å². The molecule has 2 heterocycles. The van der Waals surface area contributed by atoms with E-state index in [1.807, 2.05) is 6.20 Å². The van der Waals surface area contributed by atoms with Crippen LogP contribution in [0.4, 0.5) is 5.13 Å². The molecule has 0 bridgehead atoms. The summed E-state index contributed by atoms with van der Waals surface area (Å²) in [5, 5.41) is 7.30. The van der Waals surface area contributed by atoms with Gasteiger partial charge in [0.1, 0.15) is 5.01 Å². The van der Waals surface area contributed by atoms with Crippen molar-refractivity contribution >= 4 is 27.8 Å². The van der Waals surface area contributed by atoms with E-state index in [9.17, 15) is 0 Å². The zero-order chi connectivity index (χ0) is 12.1. The van der Waals surface area contributed by atoms with Gasteiger partial charge in [-0.1, -0.05) is 6.92 Å². The molecule has 0 aliphatic heterocycles. The van der Waals surface area contributed by atoms with Gasteiger partial charge in [-0.2, -0.15) is 0 Å². The maximum atomic E-state index is 5.05. The topological polar surface area (TPSA) is 47.0 Å². The standard InChI is InChI=1S/C11H15N3OS2/c1-3-4-12-11-14-8(7-16-11)9-5-13-10(17-9)6-15-2/h5,7H,3-4,6H2,1-2H3,(H,12,14). The molecule has 6 heteroatoms. The molecular formula is C11H15N3OS2. The second-order valence-corrected chi connectivity index (χ2v) is 5.49. The number of hydrogen-bond acceptors (Lipinski definition) is 6. The largest absolute Gasteiger partial charge is 0.378 e. The number of thiazole rings is 2. The summed E-state index contributed by atoms with van der Waals surface area (Å²) in [6.07, 6.45) is 2.96. The van der Waals surface area contributed by atoms with Gasteiger partial charge in [-0.05, 0) is 6.42 Å². The van der Waals surface area contributed by atoms with Gasteiger partial charge >= 0.3 is 0 Å². The molecule has 0 spiro atoms. The lowest BCUT2D eigenvalue weighted by atomic mass is 10.4. The predicted octanol–water partition coefficient (Wildman–Crippen LogP) is 3.23. The number of ether oxygens (including phenoxy) is 1. The van der Waals surface area contributed by atoms with E-state index < -0.39 is 0 Å². The predicted molar refractivity (Wildman–Crippen MR) is 72.7 cm³/mol. The van der Waals surface area contributed by atoms with Gasteiger partial charge < -0.3 is 10.1 Å². The maximum absolute atomic E-state index is 5.05. The number of nitrogens with zero attached hydrogens (tertiary/aromatic N) is 2. The highest BCUT2D eigenvalue weighted by molar-refractivity contribution is 7.16. The van der Waals surface area contributed by atoms with Crippen LogP contribution in [-0.2, 0) is 11.3 Å². The summed E-state index contributed by atoms with van der Waals surface area (Å²) >= 11 is 3.26. The highest BCUT2D eigenvalue weighted by Crippen LogP contribution is 2.29. The van der Waals surface area contributed by atoms with Crippen molar-refractivity contribution in [1.82, 2.24) is 9.97 Å². The number of rotatable bonds is 6. The Morgan fingerprint density at radius 1 is 1.47 bits per heavy atom. The van der Waals surface area contributed by atoms with Gasteiger partial charge in [-0.25, -0.2) is 9.97 Å². The number of nitrogens with one attached hydrogen (secondary N) is 1. The van der Waals surface area contributed by atoms with Crippen LogP contribution in [0.25, 0.3) is 10.6 Å². The molecule has 2 aromatic heterocycles. The third-order valence-corrected chi connectivity index (χ3v) is 3.90. The first-order valence-corrected chi connectivity index (χ1v) is 7.16. The van der Waals surface area contributed by atoms with Crippen molar-refractivity contribution in [2.75, 3.05) is 19.0 Å². The summed E-state index contributed by atoms with van der Waals surface area (Å²) in [6, 6.07) is 0. The minimum Gasteiger partial charge on any atom is -0.378 e. The molecule has 0 fully saturated rings. The Balaban J connectivity index is 2.07. The number of anilines is 1. The zero-order valence-electron chi connectivity index (χ0n) is 9.90. The molecule has 0 atom stereocenters. The molecule has 0 saturated heterocycles. The van der Waals surface area contributed by atoms with Crippen LogP contribution in [0.3, 0.4) is 0 Å². The molecule has 2 aromatic rings. The van der Waals surface area contributed by atoms with Gasteiger partial charge in [-0.3, -0.25) is 0 Å². The molecule has 0 unspecified atom stereocenters. The molecule has 0 amide bonds. The van der Waals surface area contributed by atoms with Crippen molar-refractivity contribution in [3.63, 3.8) is 0 Å². The highest BCUT2D eigenvalue weighted by atomic mass is 32.1. The quantitative estimate of drug-likeness (QED) is 0.874. The van der Waals surface area contributed by atoms with Crippen molar-refractivity contribution in [3.8, 4) is 10.6 Å². The van der Waals surface area contributed by atoms with Gasteiger partial charge in [-0.15, -0.1) is 22.7 Å². The normalized spacial score (nSPS) is 10.7. The number of aromatic nitrogens is 2. The average Bonchev–Trinajstić information content (AvgIpc) is 2.95. The molecule has 4 nitrogen and oxygen atoms in total. The highest BCUT2D eigenvalue weighted by Gasteiger charge is 2.08. The van der Waals surface area contributed by atoms with Crippen LogP contribution >= 0.6 is 22.7 Å². The number of methoxy groups -OCH3 is 1. The summed E-state index contributed by atoms with van der Waals surface area (Å²) in [5.74, 6) is 0. The fourth-order valence-electron chi connectivity index (χ4n) is 1.32. The van der Waals surface area contributed by atoms with Gasteiger partial charge in [0.2, 0.25) is 0 Å². The second kappa shape index (κ2) is 6.09. The lowest BCUT2D eigenvalue weighted by molar-refractivity contribution is 0.184. The summed E-state index contributed by atoms with van der Waals surface area (Å²) < 4.78 is 5.05. The van der Waals surface area contributed by atoms with Crippen LogP contribution in [0, 0.1) is 0 Å². The Kier molecular flexibility index (Phi) is 4.47. The van der Waals surface area contributed by atoms with Crippen LogP contribution in [0.2, 0.25) is 0 Å². The monoisotopic (exact) mass is 269 g/mol. The fourth-order valence-corrected chi connectivity index (χ4v) is 2.98. The summed E-state index contributed by atoms with van der Waals surface area (Å²) in [7, 11) is 1.68. The smallest absolute Gasteiger partial charge is 0.183 e. The Morgan fingerprint density at radius 3 is 3.12 bits per heavy atom. The minimum absolute atomic E-state index is 0.565. The maximum Gasteiger partial charge on any atom is 0.183 e. The first kappa shape index (κ1) is 12.5. The molecule has 0 aromatic carbocycles. The van der Waals surface area contributed by atoms with E-state index >= 15 is 0 Å². The lowest BCUT2D eigenvalue weighted by Crippen LogP contribution is -1.98. The molecule has 92 valence electrons. The molecule has 0 aliphatic carbocycles. The Bertz CT molecular complexity index is 467. The zero-order valence-corrected chi connectivity index (χ0v) is 11.5. The van der Waals surface area contributed by atoms with Crippen molar-refractivity contribution in [2.45, 2.75) is 20.0 Å². The summed E-state index contributed by atoms with van der Waals surface area (Å²) in [6.45, 7) is 3.67. The summed E-state index contributed by atoms with van der Waals surface area (Å²) in [5.41, 5.74) is 0.994. The Labute approximate surface area is 109 Å². The van der Waals surface area contributed by atoms with E-state index in [-0.39, 0.29) is 0 Å². The van der Waals surface area contributed by atoms with Gasteiger partial charge in [0.25, 0.3) is 0 Å². The van der Waals surface area contributed by atoms with E-state index in [1.54, 1.807) is 29.8 Å². The molecule has 2 rings (SSSR count). The molecule has 0 radical (unpaired) electrons. The van der Waals surface area contributed by atoms with Gasteiger partial charge in [0.15, 0.2) is 5.13 Å². The van der Waals surface area contributed by atoms with Crippen molar-refractivity contribution in [2.24, 2.45) is 0 Å².